The van der Waals surface area contributed by atoms with Crippen molar-refractivity contribution in [2.75, 3.05) is 0 Å². The van der Waals surface area contributed by atoms with Gasteiger partial charge in [-0.15, -0.1) is 34.0 Å². The van der Waals surface area contributed by atoms with Crippen LogP contribution in [0.1, 0.15) is 20.6 Å². The minimum Gasteiger partial charge on any atom is -0.423 e. The fourth-order valence-corrected chi connectivity index (χ4v) is 15.1. The van der Waals surface area contributed by atoms with E-state index in [1.54, 1.807) is 40.1 Å². The van der Waals surface area contributed by atoms with Gasteiger partial charge in [-0.1, -0.05) is 283 Å². The van der Waals surface area contributed by atoms with Crippen molar-refractivity contribution in [3.8, 4) is 44.5 Å². The largest absolute Gasteiger partial charge is 0.489 e. The Balaban J connectivity index is 0.000000134. The summed E-state index contributed by atoms with van der Waals surface area (Å²) in [5.74, 6) is 0. The highest BCUT2D eigenvalue weighted by molar-refractivity contribution is 9.10. The van der Waals surface area contributed by atoms with Crippen molar-refractivity contribution in [1.29, 1.82) is 0 Å². The normalized spacial score (nSPS) is 13.7. The van der Waals surface area contributed by atoms with Crippen molar-refractivity contribution in [3.63, 3.8) is 0 Å². The van der Waals surface area contributed by atoms with Gasteiger partial charge in [-0.2, -0.15) is 0 Å². The fourth-order valence-electron chi connectivity index (χ4n) is 11.1. The van der Waals surface area contributed by atoms with Gasteiger partial charge >= 0.3 is 7.12 Å². The Morgan fingerprint density at radius 1 is 0.282 bits per heavy atom. The van der Waals surface area contributed by atoms with Crippen LogP contribution < -0.4 is 5.46 Å². The Bertz CT molecular complexity index is 6020. The molecule has 17 aromatic rings. The van der Waals surface area contributed by atoms with Gasteiger partial charge in [0.05, 0.1) is 20.6 Å². The smallest absolute Gasteiger partial charge is 0.423 e. The number of rotatable bonds is 5. The maximum atomic E-state index is 9.31. The molecule has 3 heterocycles. The molecule has 14 aromatic carbocycles. The molecule has 0 radical (unpaired) electrons. The predicted octanol–water partition coefficient (Wildman–Crippen LogP) is 22.4. The standard InChI is InChI=1S/C42H26S.C18H12S.C12H9BO2S.C6H5Br/c1-2-11-27(12-3-1)31-19-9-21-38-39-22-10-20-32(42(39)43-41(31)38)30-14-8-13-28(25-30)29-23-24-37-35-17-5-4-15-33(35)34-16-6-7-18-36(34)40(37)26-29;1-2-7-13(8-3-1)14-10-6-11-16-15-9-4-5-12-17(15)19-18(14)16;14-13(15)10-6-3-5-9-8-4-1-2-7-11(8)16-12(9)10;7-6-4-2-1-3-5-6/h1-26H;1-12H;1-7,14-15H;1-5H/i1D,2D,3D,11D,12D;1D,2D,3D,7D,8D;;1D,2D,3D,4D,5D. The van der Waals surface area contributed by atoms with Gasteiger partial charge in [-0.3, -0.25) is 0 Å². The highest BCUT2D eigenvalue weighted by Gasteiger charge is 2.18. The number of thiophene rings is 3. The molecule has 0 amide bonds. The average Bonchev–Trinajstić information content (AvgIpc) is 1.36. The van der Waals surface area contributed by atoms with E-state index in [0.717, 1.165) is 72.7 Å². The van der Waals surface area contributed by atoms with Crippen LogP contribution in [-0.4, -0.2) is 17.2 Å². The van der Waals surface area contributed by atoms with Crippen molar-refractivity contribution in [1.82, 2.24) is 0 Å². The van der Waals surface area contributed by atoms with Crippen molar-refractivity contribution >= 4 is 155 Å². The van der Waals surface area contributed by atoms with E-state index >= 15 is 0 Å². The summed E-state index contributed by atoms with van der Waals surface area (Å²) < 4.78 is 124. The van der Waals surface area contributed by atoms with E-state index in [1.807, 2.05) is 84.9 Å². The quantitative estimate of drug-likeness (QED) is 0.133. The molecule has 7 heteroatoms. The molecule has 404 valence electrons. The molecule has 17 rings (SSSR count). The SMILES string of the molecule is OB(O)c1cccc2c1sc1ccccc12.[2H]c1c([2H])c([2H])c(-c2cccc3c2sc2c(-c4cccc(-c5ccc6c7ccccc7c7ccccc7c6c5)c4)cccc23)c([2H])c1[2H].[2H]c1c([2H])c([2H])c(-c2cccc3c2sc2ccccc23)c([2H])c1[2H].[2H]c1c([2H])c([2H])c(Br)c([2H])c1[2H]. The molecule has 0 aliphatic heterocycles. The third-order valence-electron chi connectivity index (χ3n) is 14.9. The van der Waals surface area contributed by atoms with Gasteiger partial charge in [0.2, 0.25) is 0 Å². The van der Waals surface area contributed by atoms with Crippen LogP contribution in [0, 0.1) is 0 Å². The fraction of sp³-hybridized carbons (Fsp3) is 0. The first-order valence-corrected chi connectivity index (χ1v) is 30.3. The van der Waals surface area contributed by atoms with Gasteiger partial charge in [0, 0.05) is 59.6 Å². The summed E-state index contributed by atoms with van der Waals surface area (Å²) in [6, 6.07) is 68.2. The van der Waals surface area contributed by atoms with Crippen molar-refractivity contribution in [2.24, 2.45) is 0 Å². The van der Waals surface area contributed by atoms with Gasteiger partial charge in [0.15, 0.2) is 0 Å². The lowest BCUT2D eigenvalue weighted by atomic mass is 9.80. The van der Waals surface area contributed by atoms with E-state index in [4.69, 9.17) is 20.6 Å². The van der Waals surface area contributed by atoms with Crippen molar-refractivity contribution in [2.45, 2.75) is 0 Å². The lowest BCUT2D eigenvalue weighted by Gasteiger charge is -2.12. The molecule has 85 heavy (non-hydrogen) atoms. The molecule has 0 aliphatic carbocycles. The van der Waals surface area contributed by atoms with Crippen LogP contribution in [0.2, 0.25) is 0 Å². The lowest BCUT2D eigenvalue weighted by Crippen LogP contribution is -2.29. The Kier molecular flexibility index (Phi) is 11.1. The lowest BCUT2D eigenvalue weighted by molar-refractivity contribution is 0.426. The number of hydrogen-bond donors (Lipinski definition) is 2. The predicted molar refractivity (Wildman–Crippen MR) is 376 cm³/mol. The second-order valence-corrected chi connectivity index (χ2v) is 23.7. The number of fused-ring (bicyclic) bond motifs is 15. The van der Waals surface area contributed by atoms with Crippen LogP contribution in [0.4, 0.5) is 0 Å². The average molecular weight is 1220 g/mol. The molecule has 0 aliphatic rings. The molecule has 0 saturated heterocycles. The highest BCUT2D eigenvalue weighted by atomic mass is 79.9. The molecular weight excluding hydrogens is 1160 g/mol. The Morgan fingerprint density at radius 3 is 1.18 bits per heavy atom. The van der Waals surface area contributed by atoms with Crippen LogP contribution in [0.15, 0.2) is 307 Å². The Morgan fingerprint density at radius 2 is 0.647 bits per heavy atom. The van der Waals surface area contributed by atoms with Crippen LogP contribution in [-0.2, 0) is 0 Å². The zero-order valence-electron chi connectivity index (χ0n) is 59.8. The van der Waals surface area contributed by atoms with Crippen molar-refractivity contribution < 1.29 is 30.6 Å². The highest BCUT2D eigenvalue weighted by Crippen LogP contribution is 2.45. The van der Waals surface area contributed by atoms with Gasteiger partial charge in [0.1, 0.15) is 0 Å². The first-order valence-electron chi connectivity index (χ1n) is 34.6. The molecule has 2 nitrogen and oxygen atoms in total. The molecule has 0 saturated carbocycles. The second kappa shape index (κ2) is 23.9. The van der Waals surface area contributed by atoms with Crippen molar-refractivity contribution in [3.05, 3.63) is 307 Å². The molecule has 0 spiro atoms. The van der Waals surface area contributed by atoms with Gasteiger partial charge in [-0.25, -0.2) is 0 Å². The zero-order valence-corrected chi connectivity index (χ0v) is 48.8. The second-order valence-electron chi connectivity index (χ2n) is 19.8. The number of halogens is 1. The summed E-state index contributed by atoms with van der Waals surface area (Å²) in [6.07, 6.45) is 0. The maximum Gasteiger partial charge on any atom is 0.489 e. The van der Waals surface area contributed by atoms with Crippen LogP contribution in [0.5, 0.6) is 0 Å². The third-order valence-corrected chi connectivity index (χ3v) is 19.0. The third kappa shape index (κ3) is 10.6. The molecule has 0 bridgehead atoms. The topological polar surface area (TPSA) is 40.5 Å². The monoisotopic (exact) mass is 1220 g/mol. The van der Waals surface area contributed by atoms with E-state index in [1.165, 1.54) is 42.4 Å². The molecular formula is C78H52BBrO2S3. The van der Waals surface area contributed by atoms with Crippen LogP contribution in [0.25, 0.3) is 137 Å². The molecule has 0 atom stereocenters. The van der Waals surface area contributed by atoms with E-state index in [9.17, 15) is 10.0 Å². The molecule has 2 N–H and O–H groups in total. The van der Waals surface area contributed by atoms with Gasteiger partial charge in [0.25, 0.3) is 0 Å². The van der Waals surface area contributed by atoms with Crippen LogP contribution in [0.3, 0.4) is 0 Å². The first-order chi connectivity index (χ1) is 48.1. The number of hydrogen-bond acceptors (Lipinski definition) is 5. The summed E-state index contributed by atoms with van der Waals surface area (Å²) in [4.78, 5) is 0. The molecule has 3 aromatic heterocycles. The number of benzene rings is 14. The first kappa shape index (κ1) is 39.5. The summed E-state index contributed by atoms with van der Waals surface area (Å²) in [5.41, 5.74) is 6.89. The summed E-state index contributed by atoms with van der Waals surface area (Å²) in [7, 11) is -1.41. The molecule has 0 fully saturated rings. The summed E-state index contributed by atoms with van der Waals surface area (Å²) >= 11 is 7.70. The van der Waals surface area contributed by atoms with Crippen LogP contribution >= 0.6 is 49.9 Å². The van der Waals surface area contributed by atoms with Gasteiger partial charge in [-0.05, 0) is 124 Å². The van der Waals surface area contributed by atoms with E-state index in [0.29, 0.717) is 16.6 Å². The minimum atomic E-state index is -1.41. The van der Waals surface area contributed by atoms with E-state index in [-0.39, 0.29) is 106 Å². The maximum absolute atomic E-state index is 9.31. The Labute approximate surface area is 534 Å². The van der Waals surface area contributed by atoms with E-state index in [2.05, 4.69) is 137 Å². The van der Waals surface area contributed by atoms with E-state index < -0.39 is 7.12 Å². The Hall–Kier alpha value is -9.02. The summed E-state index contributed by atoms with van der Waals surface area (Å²) in [6.45, 7) is 0. The molecule has 0 unspecified atom stereocenters. The zero-order chi connectivity index (χ0) is 70.3. The summed E-state index contributed by atoms with van der Waals surface area (Å²) in [5, 5.41) is 32.6. The minimum absolute atomic E-state index is 0.105. The van der Waals surface area contributed by atoms with Gasteiger partial charge < -0.3 is 10.0 Å².